The SMILES string of the molecule is C=C(C(=O)O)C(CCc1ccccc1)CCc1ccccc1. The number of hydrogen-bond acceptors (Lipinski definition) is 1. The molecule has 0 atom stereocenters. The first-order valence-corrected chi connectivity index (χ1v) is 7.66. The average Bonchev–Trinajstić information content (AvgIpc) is 2.56. The highest BCUT2D eigenvalue weighted by Gasteiger charge is 2.18. The maximum Gasteiger partial charge on any atom is 0.331 e. The molecule has 2 aromatic rings. The molecule has 0 radical (unpaired) electrons. The maximum atomic E-state index is 11.3. The van der Waals surface area contributed by atoms with Gasteiger partial charge in [0.2, 0.25) is 0 Å². The normalized spacial score (nSPS) is 10.6. The number of aliphatic carboxylic acids is 1. The quantitative estimate of drug-likeness (QED) is 0.727. The topological polar surface area (TPSA) is 37.3 Å². The molecule has 22 heavy (non-hydrogen) atoms. The number of aryl methyl sites for hydroxylation is 2. The van der Waals surface area contributed by atoms with Gasteiger partial charge in [0.15, 0.2) is 0 Å². The molecule has 2 nitrogen and oxygen atoms in total. The van der Waals surface area contributed by atoms with Crippen LogP contribution in [0.1, 0.15) is 24.0 Å². The van der Waals surface area contributed by atoms with Crippen molar-refractivity contribution >= 4 is 5.97 Å². The summed E-state index contributed by atoms with van der Waals surface area (Å²) >= 11 is 0. The Labute approximate surface area is 132 Å². The number of carbonyl (C=O) groups is 1. The molecule has 0 aromatic heterocycles. The Hall–Kier alpha value is -2.35. The van der Waals surface area contributed by atoms with E-state index in [1.54, 1.807) is 0 Å². The van der Waals surface area contributed by atoms with Crippen molar-refractivity contribution in [1.82, 2.24) is 0 Å². The van der Waals surface area contributed by atoms with Crippen LogP contribution in [-0.2, 0) is 17.6 Å². The summed E-state index contributed by atoms with van der Waals surface area (Å²) in [6.45, 7) is 3.78. The van der Waals surface area contributed by atoms with Crippen LogP contribution in [0.2, 0.25) is 0 Å². The Morgan fingerprint density at radius 1 is 0.864 bits per heavy atom. The fourth-order valence-electron chi connectivity index (χ4n) is 2.64. The van der Waals surface area contributed by atoms with Crippen molar-refractivity contribution in [3.63, 3.8) is 0 Å². The minimum Gasteiger partial charge on any atom is -0.478 e. The van der Waals surface area contributed by atoms with Gasteiger partial charge in [0.1, 0.15) is 0 Å². The second-order valence-corrected chi connectivity index (χ2v) is 5.58. The van der Waals surface area contributed by atoms with Crippen molar-refractivity contribution in [2.24, 2.45) is 5.92 Å². The Balaban J connectivity index is 1.96. The third kappa shape index (κ3) is 4.88. The molecule has 2 heteroatoms. The van der Waals surface area contributed by atoms with Gasteiger partial charge in [0.25, 0.3) is 0 Å². The number of rotatable bonds is 8. The average molecular weight is 294 g/mol. The molecule has 0 heterocycles. The molecular formula is C20H22O2. The molecule has 1 N–H and O–H groups in total. The van der Waals surface area contributed by atoms with Crippen LogP contribution < -0.4 is 0 Å². The molecule has 0 aliphatic carbocycles. The first-order chi connectivity index (χ1) is 10.7. The molecule has 114 valence electrons. The number of carboxylic acid groups (broad SMARTS) is 1. The van der Waals surface area contributed by atoms with Crippen LogP contribution in [-0.4, -0.2) is 11.1 Å². The summed E-state index contributed by atoms with van der Waals surface area (Å²) in [5.41, 5.74) is 2.81. The lowest BCUT2D eigenvalue weighted by atomic mass is 9.88. The first-order valence-electron chi connectivity index (χ1n) is 7.66. The maximum absolute atomic E-state index is 11.3. The molecule has 0 amide bonds. The van der Waals surface area contributed by atoms with Crippen LogP contribution >= 0.6 is 0 Å². The summed E-state index contributed by atoms with van der Waals surface area (Å²) in [6.07, 6.45) is 3.41. The van der Waals surface area contributed by atoms with Gasteiger partial charge in [-0.2, -0.15) is 0 Å². The van der Waals surface area contributed by atoms with Gasteiger partial charge in [-0.1, -0.05) is 67.2 Å². The molecular weight excluding hydrogens is 272 g/mol. The van der Waals surface area contributed by atoms with Gasteiger partial charge >= 0.3 is 5.97 Å². The first kappa shape index (κ1) is 16.0. The standard InChI is InChI=1S/C20H22O2/c1-16(20(21)22)19(14-12-17-8-4-2-5-9-17)15-13-18-10-6-3-7-11-18/h2-11,19H,1,12-15H2,(H,21,22). The van der Waals surface area contributed by atoms with Gasteiger partial charge in [-0.3, -0.25) is 0 Å². The van der Waals surface area contributed by atoms with E-state index < -0.39 is 5.97 Å². The van der Waals surface area contributed by atoms with Gasteiger partial charge in [-0.05, 0) is 42.7 Å². The summed E-state index contributed by atoms with van der Waals surface area (Å²) in [7, 11) is 0. The highest BCUT2D eigenvalue weighted by Crippen LogP contribution is 2.23. The van der Waals surface area contributed by atoms with Crippen LogP contribution in [0.4, 0.5) is 0 Å². The number of hydrogen-bond donors (Lipinski definition) is 1. The Kier molecular flexibility index (Phi) is 5.96. The summed E-state index contributed by atoms with van der Waals surface area (Å²) < 4.78 is 0. The van der Waals surface area contributed by atoms with Gasteiger partial charge in [0.05, 0.1) is 0 Å². The van der Waals surface area contributed by atoms with Gasteiger partial charge in [0, 0.05) is 5.57 Å². The zero-order valence-corrected chi connectivity index (χ0v) is 12.7. The molecule has 2 aromatic carbocycles. The lowest BCUT2D eigenvalue weighted by Gasteiger charge is -2.17. The number of carboxylic acids is 1. The molecule has 2 rings (SSSR count). The molecule has 0 bridgehead atoms. The van der Waals surface area contributed by atoms with Crippen LogP contribution in [0, 0.1) is 5.92 Å². The van der Waals surface area contributed by atoms with Crippen molar-refractivity contribution in [3.8, 4) is 0 Å². The number of benzene rings is 2. The summed E-state index contributed by atoms with van der Waals surface area (Å²) in [6, 6.07) is 20.4. The molecule has 0 unspecified atom stereocenters. The van der Waals surface area contributed by atoms with Crippen LogP contribution in [0.3, 0.4) is 0 Å². The molecule has 0 fully saturated rings. The summed E-state index contributed by atoms with van der Waals surface area (Å²) in [5.74, 6) is -0.871. The highest BCUT2D eigenvalue weighted by molar-refractivity contribution is 5.86. The Morgan fingerprint density at radius 3 is 1.64 bits per heavy atom. The molecule has 0 aliphatic heterocycles. The van der Waals surface area contributed by atoms with Gasteiger partial charge < -0.3 is 5.11 Å². The van der Waals surface area contributed by atoms with Crippen molar-refractivity contribution in [1.29, 1.82) is 0 Å². The van der Waals surface area contributed by atoms with Crippen LogP contribution in [0.15, 0.2) is 72.8 Å². The van der Waals surface area contributed by atoms with Gasteiger partial charge in [-0.15, -0.1) is 0 Å². The lowest BCUT2D eigenvalue weighted by molar-refractivity contribution is -0.133. The van der Waals surface area contributed by atoms with Crippen LogP contribution in [0.5, 0.6) is 0 Å². The van der Waals surface area contributed by atoms with E-state index >= 15 is 0 Å². The van der Waals surface area contributed by atoms with E-state index in [1.165, 1.54) is 11.1 Å². The summed E-state index contributed by atoms with van der Waals surface area (Å²) in [4.78, 5) is 11.3. The fourth-order valence-corrected chi connectivity index (χ4v) is 2.64. The zero-order chi connectivity index (χ0) is 15.8. The van der Waals surface area contributed by atoms with E-state index in [-0.39, 0.29) is 5.92 Å². The smallest absolute Gasteiger partial charge is 0.331 e. The fraction of sp³-hybridized carbons (Fsp3) is 0.250. The zero-order valence-electron chi connectivity index (χ0n) is 12.7. The van der Waals surface area contributed by atoms with E-state index in [4.69, 9.17) is 0 Å². The monoisotopic (exact) mass is 294 g/mol. The van der Waals surface area contributed by atoms with Crippen molar-refractivity contribution in [2.45, 2.75) is 25.7 Å². The van der Waals surface area contributed by atoms with E-state index in [9.17, 15) is 9.90 Å². The molecule has 0 saturated carbocycles. The third-order valence-electron chi connectivity index (χ3n) is 4.02. The minimum atomic E-state index is -0.883. The largest absolute Gasteiger partial charge is 0.478 e. The predicted octanol–water partition coefficient (Wildman–Crippen LogP) is 4.51. The van der Waals surface area contributed by atoms with E-state index in [1.807, 2.05) is 36.4 Å². The molecule has 0 saturated heterocycles. The second-order valence-electron chi connectivity index (χ2n) is 5.58. The molecule has 0 aliphatic rings. The predicted molar refractivity (Wildman–Crippen MR) is 89.8 cm³/mol. The van der Waals surface area contributed by atoms with Gasteiger partial charge in [-0.25, -0.2) is 4.79 Å². The Morgan fingerprint density at radius 2 is 1.27 bits per heavy atom. The van der Waals surface area contributed by atoms with Crippen molar-refractivity contribution in [3.05, 3.63) is 83.9 Å². The van der Waals surface area contributed by atoms with Crippen molar-refractivity contribution in [2.75, 3.05) is 0 Å². The van der Waals surface area contributed by atoms with E-state index in [0.717, 1.165) is 25.7 Å². The minimum absolute atomic E-state index is 0.0120. The van der Waals surface area contributed by atoms with Crippen molar-refractivity contribution < 1.29 is 9.90 Å². The third-order valence-corrected chi connectivity index (χ3v) is 4.02. The Bertz CT molecular complexity index is 559. The van der Waals surface area contributed by atoms with E-state index in [0.29, 0.717) is 5.57 Å². The molecule has 0 spiro atoms. The van der Waals surface area contributed by atoms with E-state index in [2.05, 4.69) is 30.8 Å². The highest BCUT2D eigenvalue weighted by atomic mass is 16.4. The van der Waals surface area contributed by atoms with Crippen LogP contribution in [0.25, 0.3) is 0 Å². The summed E-state index contributed by atoms with van der Waals surface area (Å²) in [5, 5.41) is 9.25. The second kappa shape index (κ2) is 8.18. The lowest BCUT2D eigenvalue weighted by Crippen LogP contribution is -2.14.